The second-order valence-corrected chi connectivity index (χ2v) is 5.32. The number of nitrogens with one attached hydrogen (secondary N) is 2. The van der Waals surface area contributed by atoms with Crippen LogP contribution in [0.4, 0.5) is 15.8 Å². The zero-order valence-corrected chi connectivity index (χ0v) is 13.1. The maximum absolute atomic E-state index is 13.9. The Kier molecular flexibility index (Phi) is 4.30. The lowest BCUT2D eigenvalue weighted by atomic mass is 10.1. The molecule has 0 aliphatic heterocycles. The van der Waals surface area contributed by atoms with Crippen molar-refractivity contribution in [1.82, 2.24) is 0 Å². The molecule has 0 radical (unpaired) electrons. The van der Waals surface area contributed by atoms with Crippen LogP contribution in [-0.4, -0.2) is 11.8 Å². The summed E-state index contributed by atoms with van der Waals surface area (Å²) in [7, 11) is 0. The molecule has 126 valence electrons. The Hall–Kier alpha value is -3.48. The molecule has 2 amide bonds. The minimum Gasteiger partial charge on any atom is -0.422 e. The number of carbonyl (C=O) groups is 2. The first kappa shape index (κ1) is 16.4. The molecule has 1 heterocycles. The van der Waals surface area contributed by atoms with E-state index in [2.05, 4.69) is 10.6 Å². The number of amides is 2. The van der Waals surface area contributed by atoms with Gasteiger partial charge in [0, 0.05) is 18.0 Å². The summed E-state index contributed by atoms with van der Waals surface area (Å²) in [5.41, 5.74) is -0.570. The lowest BCUT2D eigenvalue weighted by molar-refractivity contribution is -0.114. The summed E-state index contributed by atoms with van der Waals surface area (Å²) in [6.45, 7) is 1.31. The van der Waals surface area contributed by atoms with Crippen LogP contribution in [0.3, 0.4) is 0 Å². The first-order chi connectivity index (χ1) is 11.9. The Morgan fingerprint density at radius 1 is 1.04 bits per heavy atom. The Morgan fingerprint density at radius 3 is 2.56 bits per heavy atom. The number of benzene rings is 2. The van der Waals surface area contributed by atoms with Crippen molar-refractivity contribution in [2.24, 2.45) is 0 Å². The minimum atomic E-state index is -0.824. The van der Waals surface area contributed by atoms with Gasteiger partial charge in [-0.3, -0.25) is 9.59 Å². The van der Waals surface area contributed by atoms with E-state index in [-0.39, 0.29) is 17.2 Å². The summed E-state index contributed by atoms with van der Waals surface area (Å²) < 4.78 is 19.0. The van der Waals surface area contributed by atoms with Gasteiger partial charge in [-0.2, -0.15) is 0 Å². The van der Waals surface area contributed by atoms with Crippen LogP contribution in [-0.2, 0) is 4.79 Å². The maximum atomic E-state index is 13.9. The largest absolute Gasteiger partial charge is 0.422 e. The molecular weight excluding hydrogens is 327 g/mol. The van der Waals surface area contributed by atoms with E-state index in [1.165, 1.54) is 25.1 Å². The standard InChI is InChI=1S/C18H13FN2O4/c1-10(22)20-12-6-7-14(19)15(9-12)21-17(23)13-8-11-4-2-3-5-16(11)25-18(13)24/h2-9H,1H3,(H,20,22)(H,21,23). The summed E-state index contributed by atoms with van der Waals surface area (Å²) in [5.74, 6) is -1.84. The fourth-order valence-corrected chi connectivity index (χ4v) is 2.31. The van der Waals surface area contributed by atoms with Crippen molar-refractivity contribution in [2.75, 3.05) is 10.6 Å². The molecule has 1 aromatic heterocycles. The molecule has 0 fully saturated rings. The third-order valence-corrected chi connectivity index (χ3v) is 3.42. The molecule has 6 nitrogen and oxygen atoms in total. The third-order valence-electron chi connectivity index (χ3n) is 3.42. The Bertz CT molecular complexity index is 1040. The van der Waals surface area contributed by atoms with Crippen molar-refractivity contribution in [2.45, 2.75) is 6.92 Å². The van der Waals surface area contributed by atoms with Gasteiger partial charge in [-0.05, 0) is 30.3 Å². The number of rotatable bonds is 3. The van der Waals surface area contributed by atoms with E-state index in [1.807, 2.05) is 0 Å². The van der Waals surface area contributed by atoms with Crippen LogP contribution in [0.15, 0.2) is 57.7 Å². The van der Waals surface area contributed by atoms with Crippen LogP contribution < -0.4 is 16.3 Å². The van der Waals surface area contributed by atoms with Crippen LogP contribution >= 0.6 is 0 Å². The van der Waals surface area contributed by atoms with Gasteiger partial charge >= 0.3 is 5.63 Å². The van der Waals surface area contributed by atoms with E-state index in [0.29, 0.717) is 16.7 Å². The predicted molar refractivity (Wildman–Crippen MR) is 91.1 cm³/mol. The molecular formula is C18H13FN2O4. The predicted octanol–water partition coefficient (Wildman–Crippen LogP) is 3.14. The topological polar surface area (TPSA) is 88.4 Å². The van der Waals surface area contributed by atoms with Crippen LogP contribution in [0.25, 0.3) is 11.0 Å². The number of halogens is 1. The minimum absolute atomic E-state index is 0.163. The third kappa shape index (κ3) is 3.55. The molecule has 25 heavy (non-hydrogen) atoms. The first-order valence-electron chi connectivity index (χ1n) is 7.35. The Labute approximate surface area is 141 Å². The molecule has 7 heteroatoms. The van der Waals surface area contributed by atoms with Crippen LogP contribution in [0, 0.1) is 5.82 Å². The van der Waals surface area contributed by atoms with Crippen molar-refractivity contribution < 1.29 is 18.4 Å². The maximum Gasteiger partial charge on any atom is 0.349 e. The number of carbonyl (C=O) groups excluding carboxylic acids is 2. The Balaban J connectivity index is 1.93. The van der Waals surface area contributed by atoms with Gasteiger partial charge in [-0.15, -0.1) is 0 Å². The number of fused-ring (bicyclic) bond motifs is 1. The van der Waals surface area contributed by atoms with E-state index in [0.717, 1.165) is 6.07 Å². The smallest absolute Gasteiger partial charge is 0.349 e. The summed E-state index contributed by atoms with van der Waals surface area (Å²) in [5, 5.41) is 5.37. The normalized spacial score (nSPS) is 10.5. The number of hydrogen-bond acceptors (Lipinski definition) is 4. The zero-order chi connectivity index (χ0) is 18.0. The second-order valence-electron chi connectivity index (χ2n) is 5.32. The monoisotopic (exact) mass is 340 g/mol. The van der Waals surface area contributed by atoms with Gasteiger partial charge in [-0.25, -0.2) is 9.18 Å². The second kappa shape index (κ2) is 6.56. The van der Waals surface area contributed by atoms with E-state index in [9.17, 15) is 18.8 Å². The van der Waals surface area contributed by atoms with Gasteiger partial charge < -0.3 is 15.1 Å². The number of para-hydroxylation sites is 1. The zero-order valence-electron chi connectivity index (χ0n) is 13.1. The Morgan fingerprint density at radius 2 is 1.80 bits per heavy atom. The molecule has 0 aliphatic rings. The van der Waals surface area contributed by atoms with Gasteiger partial charge in [0.25, 0.3) is 5.91 Å². The lowest BCUT2D eigenvalue weighted by Crippen LogP contribution is -2.21. The molecule has 2 N–H and O–H groups in total. The highest BCUT2D eigenvalue weighted by Crippen LogP contribution is 2.21. The first-order valence-corrected chi connectivity index (χ1v) is 7.35. The van der Waals surface area contributed by atoms with Crippen molar-refractivity contribution in [3.63, 3.8) is 0 Å². The molecule has 3 rings (SSSR count). The molecule has 0 saturated carbocycles. The van der Waals surface area contributed by atoms with Crippen LogP contribution in [0.5, 0.6) is 0 Å². The van der Waals surface area contributed by atoms with E-state index in [1.54, 1.807) is 24.3 Å². The van der Waals surface area contributed by atoms with Gasteiger partial charge in [0.15, 0.2) is 0 Å². The van der Waals surface area contributed by atoms with Crippen molar-refractivity contribution in [3.8, 4) is 0 Å². The SMILES string of the molecule is CC(=O)Nc1ccc(F)c(NC(=O)c2cc3ccccc3oc2=O)c1. The van der Waals surface area contributed by atoms with Crippen molar-refractivity contribution in [1.29, 1.82) is 0 Å². The number of hydrogen-bond donors (Lipinski definition) is 2. The van der Waals surface area contributed by atoms with Gasteiger partial charge in [0.2, 0.25) is 5.91 Å². The van der Waals surface area contributed by atoms with Gasteiger partial charge in [0.1, 0.15) is 17.0 Å². The van der Waals surface area contributed by atoms with E-state index >= 15 is 0 Å². The molecule has 2 aromatic carbocycles. The highest BCUT2D eigenvalue weighted by atomic mass is 19.1. The highest BCUT2D eigenvalue weighted by Gasteiger charge is 2.16. The van der Waals surface area contributed by atoms with E-state index in [4.69, 9.17) is 4.42 Å². The fraction of sp³-hybridized carbons (Fsp3) is 0.0556. The molecule has 0 spiro atoms. The molecule has 0 unspecified atom stereocenters. The highest BCUT2D eigenvalue weighted by molar-refractivity contribution is 6.05. The average molecular weight is 340 g/mol. The summed E-state index contributed by atoms with van der Waals surface area (Å²) in [6.07, 6.45) is 0. The van der Waals surface area contributed by atoms with Gasteiger partial charge in [0.05, 0.1) is 5.69 Å². The van der Waals surface area contributed by atoms with Crippen LogP contribution in [0.2, 0.25) is 0 Å². The molecule has 0 saturated heterocycles. The van der Waals surface area contributed by atoms with Crippen molar-refractivity contribution in [3.05, 3.63) is 70.3 Å². The quantitative estimate of drug-likeness (QED) is 0.717. The van der Waals surface area contributed by atoms with Crippen LogP contribution in [0.1, 0.15) is 17.3 Å². The molecule has 0 atom stereocenters. The summed E-state index contributed by atoms with van der Waals surface area (Å²) in [6, 6.07) is 11.8. The average Bonchev–Trinajstić information content (AvgIpc) is 2.56. The molecule has 3 aromatic rings. The van der Waals surface area contributed by atoms with Crippen molar-refractivity contribution >= 4 is 34.2 Å². The summed E-state index contributed by atoms with van der Waals surface area (Å²) >= 11 is 0. The number of anilines is 2. The molecule has 0 bridgehead atoms. The molecule has 0 aliphatic carbocycles. The fourth-order valence-electron chi connectivity index (χ4n) is 2.31. The van der Waals surface area contributed by atoms with Gasteiger partial charge in [-0.1, -0.05) is 18.2 Å². The lowest BCUT2D eigenvalue weighted by Gasteiger charge is -2.09. The summed E-state index contributed by atoms with van der Waals surface area (Å²) in [4.78, 5) is 35.4. The van der Waals surface area contributed by atoms with E-state index < -0.39 is 17.3 Å².